The summed E-state index contributed by atoms with van der Waals surface area (Å²) in [5.74, 6) is 2.44. The molecule has 1 heterocycles. The van der Waals surface area contributed by atoms with Crippen LogP contribution in [0.1, 0.15) is 25.7 Å². The molecule has 25 heavy (non-hydrogen) atoms. The maximum absolute atomic E-state index is 12.7. The smallest absolute Gasteiger partial charge is 0.240 e. The first-order chi connectivity index (χ1) is 12.1. The summed E-state index contributed by atoms with van der Waals surface area (Å²) in [5, 5.41) is 11.0. The highest BCUT2D eigenvalue weighted by Gasteiger charge is 2.39. The van der Waals surface area contributed by atoms with Crippen molar-refractivity contribution in [1.82, 2.24) is 24.9 Å². The lowest BCUT2D eigenvalue weighted by Crippen LogP contribution is -2.31. The van der Waals surface area contributed by atoms with Crippen molar-refractivity contribution in [2.75, 3.05) is 13.7 Å². The fraction of sp³-hybridized carbons (Fsp3) is 0.562. The van der Waals surface area contributed by atoms with E-state index in [2.05, 4.69) is 20.2 Å². The largest absolute Gasteiger partial charge is 0.494 e. The number of sulfonamides is 1. The van der Waals surface area contributed by atoms with E-state index in [1.165, 1.54) is 49.5 Å². The van der Waals surface area contributed by atoms with Crippen LogP contribution in [-0.4, -0.2) is 42.3 Å². The molecule has 2 aliphatic carbocycles. The van der Waals surface area contributed by atoms with Crippen molar-refractivity contribution in [3.8, 4) is 11.4 Å². The molecule has 2 fully saturated rings. The molecule has 8 nitrogen and oxygen atoms in total. The minimum absolute atomic E-state index is 0.182. The lowest BCUT2D eigenvalue weighted by Gasteiger charge is -2.22. The Kier molecular flexibility index (Phi) is 4.20. The highest BCUT2D eigenvalue weighted by molar-refractivity contribution is 7.89. The molecule has 0 saturated heterocycles. The second-order valence-corrected chi connectivity index (χ2v) is 8.64. The third-order valence-electron chi connectivity index (χ3n) is 5.48. The van der Waals surface area contributed by atoms with Gasteiger partial charge in [-0.3, -0.25) is 0 Å². The van der Waals surface area contributed by atoms with Gasteiger partial charge in [0.2, 0.25) is 10.0 Å². The van der Waals surface area contributed by atoms with Gasteiger partial charge in [-0.15, -0.1) is 5.10 Å². The first-order valence-corrected chi connectivity index (χ1v) is 9.96. The van der Waals surface area contributed by atoms with Gasteiger partial charge in [-0.25, -0.2) is 13.1 Å². The highest BCUT2D eigenvalue weighted by Crippen LogP contribution is 2.48. The lowest BCUT2D eigenvalue weighted by molar-refractivity contribution is 0.333. The Bertz CT molecular complexity index is 853. The predicted molar refractivity (Wildman–Crippen MR) is 89.8 cm³/mol. The molecule has 4 rings (SSSR count). The van der Waals surface area contributed by atoms with Crippen molar-refractivity contribution in [2.24, 2.45) is 17.8 Å². The number of hydrogen-bond acceptors (Lipinski definition) is 6. The summed E-state index contributed by atoms with van der Waals surface area (Å²) < 4.78 is 34.9. The number of methoxy groups -OCH3 is 1. The van der Waals surface area contributed by atoms with Gasteiger partial charge in [0.15, 0.2) is 0 Å². The molecule has 1 N–H and O–H groups in total. The normalized spacial score (nSPS) is 25.4. The van der Waals surface area contributed by atoms with Crippen LogP contribution in [0, 0.1) is 17.8 Å². The highest BCUT2D eigenvalue weighted by atomic mass is 32.2. The molecule has 0 spiro atoms. The van der Waals surface area contributed by atoms with Crippen LogP contribution in [-0.2, 0) is 10.0 Å². The zero-order valence-corrected chi connectivity index (χ0v) is 14.8. The van der Waals surface area contributed by atoms with Crippen LogP contribution in [0.3, 0.4) is 0 Å². The Labute approximate surface area is 146 Å². The number of benzene rings is 1. The number of nitrogens with one attached hydrogen (secondary N) is 1. The van der Waals surface area contributed by atoms with Gasteiger partial charge >= 0.3 is 0 Å². The first kappa shape index (κ1) is 16.5. The van der Waals surface area contributed by atoms with Crippen molar-refractivity contribution >= 4 is 10.0 Å². The summed E-state index contributed by atoms with van der Waals surface area (Å²) in [6.45, 7) is 0.510. The first-order valence-electron chi connectivity index (χ1n) is 8.48. The van der Waals surface area contributed by atoms with Crippen molar-refractivity contribution in [3.63, 3.8) is 0 Å². The number of aromatic nitrogens is 4. The Balaban J connectivity index is 1.54. The average molecular weight is 363 g/mol. The molecule has 2 saturated carbocycles. The van der Waals surface area contributed by atoms with Crippen molar-refractivity contribution < 1.29 is 13.2 Å². The SMILES string of the molecule is COc1ccc(S(=O)(=O)NC[C@H]2C[C@@H]3CC[C@@H]2C3)cc1-n1cnnn1. The maximum Gasteiger partial charge on any atom is 0.240 e. The van der Waals surface area contributed by atoms with Crippen LogP contribution < -0.4 is 9.46 Å². The molecule has 2 bridgehead atoms. The topological polar surface area (TPSA) is 99.0 Å². The second-order valence-electron chi connectivity index (χ2n) is 6.87. The molecular weight excluding hydrogens is 342 g/mol. The molecule has 0 unspecified atom stereocenters. The van der Waals surface area contributed by atoms with Crippen molar-refractivity contribution in [1.29, 1.82) is 0 Å². The molecule has 1 aromatic heterocycles. The monoisotopic (exact) mass is 363 g/mol. The van der Waals surface area contributed by atoms with Crippen LogP contribution in [0.15, 0.2) is 29.4 Å². The fourth-order valence-electron chi connectivity index (χ4n) is 4.21. The molecule has 9 heteroatoms. The van der Waals surface area contributed by atoms with E-state index in [1.54, 1.807) is 6.07 Å². The van der Waals surface area contributed by atoms with E-state index in [0.717, 1.165) is 12.3 Å². The van der Waals surface area contributed by atoms with Gasteiger partial charge in [0.25, 0.3) is 0 Å². The van der Waals surface area contributed by atoms with E-state index in [-0.39, 0.29) is 4.90 Å². The lowest BCUT2D eigenvalue weighted by atomic mass is 9.89. The van der Waals surface area contributed by atoms with Crippen LogP contribution >= 0.6 is 0 Å². The van der Waals surface area contributed by atoms with Gasteiger partial charge in [-0.1, -0.05) is 6.42 Å². The summed E-state index contributed by atoms with van der Waals surface area (Å²) in [7, 11) is -2.07. The number of fused-ring (bicyclic) bond motifs is 2. The average Bonchev–Trinajstić information content (AvgIpc) is 3.36. The van der Waals surface area contributed by atoms with Crippen LogP contribution in [0.4, 0.5) is 0 Å². The van der Waals surface area contributed by atoms with Crippen LogP contribution in [0.5, 0.6) is 5.75 Å². The Morgan fingerprint density at radius 1 is 1.32 bits per heavy atom. The number of nitrogens with zero attached hydrogens (tertiary/aromatic N) is 4. The summed E-state index contributed by atoms with van der Waals surface area (Å²) >= 11 is 0. The van der Waals surface area contributed by atoms with Gasteiger partial charge in [0.1, 0.15) is 17.8 Å². The molecule has 0 radical (unpaired) electrons. The van der Waals surface area contributed by atoms with E-state index in [0.29, 0.717) is 29.8 Å². The minimum Gasteiger partial charge on any atom is -0.494 e. The van der Waals surface area contributed by atoms with Gasteiger partial charge in [0.05, 0.1) is 12.0 Å². The van der Waals surface area contributed by atoms with Gasteiger partial charge in [-0.2, -0.15) is 4.68 Å². The molecule has 0 aliphatic heterocycles. The molecule has 134 valence electrons. The molecule has 2 aromatic rings. The zero-order valence-electron chi connectivity index (χ0n) is 14.0. The third kappa shape index (κ3) is 3.13. The van der Waals surface area contributed by atoms with E-state index in [9.17, 15) is 8.42 Å². The zero-order chi connectivity index (χ0) is 17.4. The quantitative estimate of drug-likeness (QED) is 0.832. The summed E-state index contributed by atoms with van der Waals surface area (Å²) in [4.78, 5) is 0.182. The van der Waals surface area contributed by atoms with Crippen LogP contribution in [0.2, 0.25) is 0 Å². The van der Waals surface area contributed by atoms with Gasteiger partial charge < -0.3 is 4.74 Å². The third-order valence-corrected chi connectivity index (χ3v) is 6.90. The molecule has 0 amide bonds. The minimum atomic E-state index is -3.59. The van der Waals surface area contributed by atoms with E-state index in [1.807, 2.05) is 0 Å². The number of hydrogen-bond donors (Lipinski definition) is 1. The maximum atomic E-state index is 12.7. The number of tetrazole rings is 1. The summed E-state index contributed by atoms with van der Waals surface area (Å²) in [6.07, 6.45) is 6.35. The van der Waals surface area contributed by atoms with Crippen molar-refractivity contribution in [3.05, 3.63) is 24.5 Å². The van der Waals surface area contributed by atoms with E-state index < -0.39 is 10.0 Å². The van der Waals surface area contributed by atoms with Gasteiger partial charge in [-0.05, 0) is 65.6 Å². The second kappa shape index (κ2) is 6.38. The predicted octanol–water partition coefficient (Wildman–Crippen LogP) is 1.39. The number of rotatable bonds is 6. The molecular formula is C16H21N5O3S. The Morgan fingerprint density at radius 2 is 2.20 bits per heavy atom. The summed E-state index contributed by atoms with van der Waals surface area (Å²) in [5.41, 5.74) is 0.482. The van der Waals surface area contributed by atoms with E-state index >= 15 is 0 Å². The molecule has 2 aliphatic rings. The standard InChI is InChI=1S/C16H21N5O3S/c1-24-16-5-4-14(8-15(16)21-10-17-19-20-21)25(22,23)18-9-13-7-11-2-3-12(13)6-11/h4-5,8,10-13,18H,2-3,6-7,9H2,1H3/t11-,12-,13-/m1/s1. The van der Waals surface area contributed by atoms with Crippen molar-refractivity contribution in [2.45, 2.75) is 30.6 Å². The molecule has 1 aromatic carbocycles. The summed E-state index contributed by atoms with van der Waals surface area (Å²) in [6, 6.07) is 4.68. The Morgan fingerprint density at radius 3 is 2.84 bits per heavy atom. The van der Waals surface area contributed by atoms with Crippen LogP contribution in [0.25, 0.3) is 5.69 Å². The fourth-order valence-corrected chi connectivity index (χ4v) is 5.33. The molecule has 3 atom stereocenters. The Hall–Kier alpha value is -2.00. The number of ether oxygens (including phenoxy) is 1. The van der Waals surface area contributed by atoms with Gasteiger partial charge in [0, 0.05) is 6.54 Å². The van der Waals surface area contributed by atoms with E-state index in [4.69, 9.17) is 4.74 Å².